The van der Waals surface area contributed by atoms with Gasteiger partial charge in [-0.25, -0.2) is 0 Å². The minimum Gasteiger partial charge on any atom is -0.508 e. The number of ether oxygens (including phenoxy) is 5. The van der Waals surface area contributed by atoms with Gasteiger partial charge in [0.1, 0.15) is 60.7 Å². The highest BCUT2D eigenvalue weighted by molar-refractivity contribution is 5.18. The summed E-state index contributed by atoms with van der Waals surface area (Å²) in [5, 5.41) is 88.3. The van der Waals surface area contributed by atoms with Crippen LogP contribution in [0.25, 0.3) is 0 Å². The summed E-state index contributed by atoms with van der Waals surface area (Å²) in [6.07, 6.45) is -16.8. The molecule has 6 unspecified atom stereocenters. The van der Waals surface area contributed by atoms with Gasteiger partial charge in [0.2, 0.25) is 0 Å². The van der Waals surface area contributed by atoms with Crippen molar-refractivity contribution in [1.29, 1.82) is 0 Å². The maximum atomic E-state index is 10.8. The van der Waals surface area contributed by atoms with E-state index in [-0.39, 0.29) is 0 Å². The van der Waals surface area contributed by atoms with E-state index < -0.39 is 112 Å². The van der Waals surface area contributed by atoms with Crippen molar-refractivity contribution in [2.24, 2.45) is 17.2 Å². The zero-order valence-electron chi connectivity index (χ0n) is 22.0. The second-order valence-corrected chi connectivity index (χ2v) is 9.93. The van der Waals surface area contributed by atoms with E-state index in [4.69, 9.17) is 46.0 Å². The molecule has 3 aliphatic heterocycles. The monoisotopic (exact) mass is 595 g/mol. The molecule has 0 bridgehead atoms. The van der Waals surface area contributed by atoms with Gasteiger partial charge in [-0.3, -0.25) is 0 Å². The Morgan fingerprint density at radius 3 is 1.49 bits per heavy atom. The van der Waals surface area contributed by atoms with Crippen molar-refractivity contribution in [3.05, 3.63) is 30.3 Å². The largest absolute Gasteiger partial charge is 0.508 e. The van der Waals surface area contributed by atoms with Crippen molar-refractivity contribution in [2.75, 3.05) is 19.8 Å². The predicted octanol–water partition coefficient (Wildman–Crippen LogP) is -6.28. The Balaban J connectivity index is 0.000000575. The van der Waals surface area contributed by atoms with Gasteiger partial charge in [-0.2, -0.15) is 0 Å². The smallest absolute Gasteiger partial charge is 0.176 e. The average Bonchev–Trinajstić information content (AvgIpc) is 2.97. The number of nitrogens with two attached hydrogens (primary N) is 3. The van der Waals surface area contributed by atoms with E-state index in [0.29, 0.717) is 5.75 Å². The summed E-state index contributed by atoms with van der Waals surface area (Å²) in [6.45, 7) is -2.00. The third-order valence-corrected chi connectivity index (χ3v) is 7.09. The number of phenolic OH excluding ortho intramolecular Hbond substituents is 1. The molecule has 236 valence electrons. The lowest BCUT2D eigenvalue weighted by Crippen LogP contribution is -2.69. The lowest BCUT2D eigenvalue weighted by Gasteiger charge is -2.48. The van der Waals surface area contributed by atoms with Gasteiger partial charge >= 0.3 is 0 Å². The molecule has 17 nitrogen and oxygen atoms in total. The number of aromatic hydroxyl groups is 1. The van der Waals surface area contributed by atoms with E-state index in [1.807, 2.05) is 6.07 Å². The standard InChI is InChI=1S/C18H35N3O13.C6H6O/c19-7-12(27)14(5(2-23)30-16(7)29)33-18-9(21)13(28)15(6(3-24)32-18)34-17-8(20)11(26)10(25)4(1-22)31-17;7-6-4-2-1-3-5-6/h4-18,22-29H,1-3,19-21H2;1-5,7H/t4-,5-,6-,7?,8-,9?,10-,11-,12?,13-,14?,15?,16?,17+,18+;/m1./s1. The van der Waals surface area contributed by atoms with Crippen molar-refractivity contribution in [3.63, 3.8) is 0 Å². The Hall–Kier alpha value is -1.62. The molecule has 3 aliphatic rings. The van der Waals surface area contributed by atoms with Crippen LogP contribution < -0.4 is 17.2 Å². The summed E-state index contributed by atoms with van der Waals surface area (Å²) >= 11 is 0. The third kappa shape index (κ3) is 7.86. The van der Waals surface area contributed by atoms with Crippen molar-refractivity contribution >= 4 is 0 Å². The molecule has 41 heavy (non-hydrogen) atoms. The summed E-state index contributed by atoms with van der Waals surface area (Å²) in [5.41, 5.74) is 17.6. The summed E-state index contributed by atoms with van der Waals surface area (Å²) in [7, 11) is 0. The number of phenols is 1. The summed E-state index contributed by atoms with van der Waals surface area (Å²) in [4.78, 5) is 0. The van der Waals surface area contributed by atoms with Gasteiger partial charge in [0.25, 0.3) is 0 Å². The van der Waals surface area contributed by atoms with Crippen LogP contribution in [0.2, 0.25) is 0 Å². The second kappa shape index (κ2) is 15.2. The highest BCUT2D eigenvalue weighted by Crippen LogP contribution is 2.31. The third-order valence-electron chi connectivity index (χ3n) is 7.09. The summed E-state index contributed by atoms with van der Waals surface area (Å²) in [6, 6.07) is 4.84. The normalized spacial score (nSPS) is 45.0. The zero-order chi connectivity index (χ0) is 30.4. The Kier molecular flexibility index (Phi) is 12.6. The van der Waals surface area contributed by atoms with Crippen molar-refractivity contribution in [3.8, 4) is 5.75 Å². The molecule has 0 saturated carbocycles. The van der Waals surface area contributed by atoms with E-state index in [1.54, 1.807) is 24.3 Å². The fourth-order valence-electron chi connectivity index (χ4n) is 4.61. The number of para-hydroxylation sites is 1. The van der Waals surface area contributed by atoms with Crippen LogP contribution in [0.4, 0.5) is 0 Å². The molecular formula is C24H41N3O14. The SMILES string of the molecule is NC1C(O)O[C@H](CO)C(O[C@@H]2O[C@H](CO)C(O[C@@H]3O[C@H](CO)[C@@H](O)[C@H](O)[C@H]3N)[C@H](O)C2N)C1O.Oc1ccccc1. The van der Waals surface area contributed by atoms with E-state index in [2.05, 4.69) is 0 Å². The maximum Gasteiger partial charge on any atom is 0.176 e. The number of aliphatic hydroxyl groups is 8. The molecule has 3 heterocycles. The molecule has 1 aromatic rings. The molecule has 0 amide bonds. The molecule has 0 radical (unpaired) electrons. The van der Waals surface area contributed by atoms with Gasteiger partial charge in [0, 0.05) is 0 Å². The minimum absolute atomic E-state index is 0.322. The lowest BCUT2D eigenvalue weighted by atomic mass is 9.94. The quantitative estimate of drug-likeness (QED) is 0.139. The molecule has 1 aromatic carbocycles. The van der Waals surface area contributed by atoms with Crippen LogP contribution in [-0.4, -0.2) is 158 Å². The van der Waals surface area contributed by atoms with Gasteiger partial charge < -0.3 is 86.8 Å². The molecule has 4 rings (SSSR count). The molecular weight excluding hydrogens is 554 g/mol. The number of benzene rings is 1. The Bertz CT molecular complexity index is 902. The Morgan fingerprint density at radius 1 is 0.585 bits per heavy atom. The summed E-state index contributed by atoms with van der Waals surface area (Å²) in [5.74, 6) is 0.322. The minimum atomic E-state index is -1.56. The van der Waals surface area contributed by atoms with Crippen molar-refractivity contribution in [2.45, 2.75) is 91.9 Å². The first-order valence-corrected chi connectivity index (χ1v) is 13.0. The fraction of sp³-hybridized carbons (Fsp3) is 0.750. The number of aliphatic hydroxyl groups excluding tert-OH is 8. The topological polar surface area (TPSA) is 306 Å². The van der Waals surface area contributed by atoms with Crippen LogP contribution in [0.1, 0.15) is 0 Å². The van der Waals surface area contributed by atoms with Crippen LogP contribution in [0.15, 0.2) is 30.3 Å². The highest BCUT2D eigenvalue weighted by atomic mass is 16.7. The van der Waals surface area contributed by atoms with Gasteiger partial charge in [-0.1, -0.05) is 18.2 Å². The van der Waals surface area contributed by atoms with Gasteiger partial charge in [0.15, 0.2) is 18.9 Å². The Labute approximate surface area is 235 Å². The lowest BCUT2D eigenvalue weighted by molar-refractivity contribution is -0.348. The molecule has 3 fully saturated rings. The van der Waals surface area contributed by atoms with Gasteiger partial charge in [0.05, 0.1) is 37.9 Å². The first-order valence-electron chi connectivity index (χ1n) is 13.0. The van der Waals surface area contributed by atoms with Crippen LogP contribution in [-0.2, 0) is 23.7 Å². The number of hydrogen-bond donors (Lipinski definition) is 12. The van der Waals surface area contributed by atoms with Gasteiger partial charge in [-0.15, -0.1) is 0 Å². The number of hydrogen-bond acceptors (Lipinski definition) is 17. The van der Waals surface area contributed by atoms with Crippen molar-refractivity contribution < 1.29 is 69.6 Å². The molecule has 0 aliphatic carbocycles. The highest BCUT2D eigenvalue weighted by Gasteiger charge is 2.52. The zero-order valence-corrected chi connectivity index (χ0v) is 22.0. The second-order valence-electron chi connectivity index (χ2n) is 9.93. The van der Waals surface area contributed by atoms with Crippen LogP contribution in [0.3, 0.4) is 0 Å². The fourth-order valence-corrected chi connectivity index (χ4v) is 4.61. The van der Waals surface area contributed by atoms with Crippen LogP contribution in [0.5, 0.6) is 5.75 Å². The van der Waals surface area contributed by atoms with Crippen LogP contribution >= 0.6 is 0 Å². The van der Waals surface area contributed by atoms with Crippen LogP contribution in [0, 0.1) is 0 Å². The maximum absolute atomic E-state index is 10.8. The Morgan fingerprint density at radius 2 is 1.02 bits per heavy atom. The molecule has 0 spiro atoms. The van der Waals surface area contributed by atoms with E-state index >= 15 is 0 Å². The molecule has 0 aromatic heterocycles. The van der Waals surface area contributed by atoms with E-state index in [9.17, 15) is 40.9 Å². The first-order chi connectivity index (χ1) is 19.4. The molecule has 17 heteroatoms. The number of rotatable bonds is 7. The first kappa shape index (κ1) is 33.9. The van der Waals surface area contributed by atoms with E-state index in [0.717, 1.165) is 0 Å². The molecule has 3 saturated heterocycles. The van der Waals surface area contributed by atoms with E-state index in [1.165, 1.54) is 0 Å². The summed E-state index contributed by atoms with van der Waals surface area (Å²) < 4.78 is 27.4. The average molecular weight is 596 g/mol. The molecule has 15 atom stereocenters. The van der Waals surface area contributed by atoms with Crippen molar-refractivity contribution in [1.82, 2.24) is 0 Å². The molecule has 15 N–H and O–H groups in total. The van der Waals surface area contributed by atoms with Gasteiger partial charge in [-0.05, 0) is 12.1 Å². The predicted molar refractivity (Wildman–Crippen MR) is 135 cm³/mol.